The highest BCUT2D eigenvalue weighted by Gasteiger charge is 2.13. The maximum atomic E-state index is 11.7. The number of nitrogen functional groups attached to an aromatic ring is 1. The van der Waals surface area contributed by atoms with E-state index in [1.807, 2.05) is 0 Å². The molecule has 0 saturated carbocycles. The third kappa shape index (κ3) is 3.78. The van der Waals surface area contributed by atoms with Crippen LogP contribution < -0.4 is 10.5 Å². The van der Waals surface area contributed by atoms with Gasteiger partial charge in [-0.25, -0.2) is 4.79 Å². The minimum atomic E-state index is -0.492. The second kappa shape index (κ2) is 7.34. The van der Waals surface area contributed by atoms with Gasteiger partial charge in [0.25, 0.3) is 0 Å². The molecule has 0 unspecified atom stereocenters. The number of nitrogens with two attached hydrogens (primary N) is 1. The predicted molar refractivity (Wildman–Crippen MR) is 68.7 cm³/mol. The van der Waals surface area contributed by atoms with Crippen molar-refractivity contribution in [3.63, 3.8) is 0 Å². The lowest BCUT2D eigenvalue weighted by Crippen LogP contribution is -2.13. The Bertz CT molecular complexity index is 417. The van der Waals surface area contributed by atoms with Crippen molar-refractivity contribution in [2.75, 3.05) is 32.7 Å². The van der Waals surface area contributed by atoms with Crippen LogP contribution >= 0.6 is 0 Å². The minimum absolute atomic E-state index is 0.170. The fraction of sp³-hybridized carbons (Fsp3) is 0.308. The predicted octanol–water partition coefficient (Wildman–Crippen LogP) is 1.64. The van der Waals surface area contributed by atoms with Crippen LogP contribution in [0.1, 0.15) is 10.4 Å². The van der Waals surface area contributed by atoms with E-state index in [2.05, 4.69) is 6.58 Å². The first-order valence-electron chi connectivity index (χ1n) is 5.49. The Hall–Kier alpha value is -2.01. The highest BCUT2D eigenvalue weighted by atomic mass is 16.6. The molecule has 18 heavy (non-hydrogen) atoms. The van der Waals surface area contributed by atoms with Crippen molar-refractivity contribution in [3.8, 4) is 5.75 Å². The highest BCUT2D eigenvalue weighted by Crippen LogP contribution is 2.25. The topological polar surface area (TPSA) is 70.8 Å². The van der Waals surface area contributed by atoms with E-state index in [1.165, 1.54) is 7.11 Å². The van der Waals surface area contributed by atoms with E-state index in [1.54, 1.807) is 24.3 Å². The molecule has 0 bridgehead atoms. The Morgan fingerprint density at radius 2 is 2.22 bits per heavy atom. The van der Waals surface area contributed by atoms with Crippen LogP contribution in [0.3, 0.4) is 0 Å². The molecule has 1 rings (SSSR count). The van der Waals surface area contributed by atoms with E-state index >= 15 is 0 Å². The van der Waals surface area contributed by atoms with Gasteiger partial charge in [-0.2, -0.15) is 0 Å². The van der Waals surface area contributed by atoms with Crippen molar-refractivity contribution in [1.82, 2.24) is 0 Å². The molecule has 0 fully saturated rings. The number of benzene rings is 1. The molecule has 0 aromatic heterocycles. The average Bonchev–Trinajstić information content (AvgIpc) is 2.38. The van der Waals surface area contributed by atoms with Crippen molar-refractivity contribution in [3.05, 3.63) is 36.4 Å². The summed E-state index contributed by atoms with van der Waals surface area (Å²) in [6, 6.07) is 4.95. The molecule has 1 aromatic carbocycles. The molecule has 2 N–H and O–H groups in total. The lowest BCUT2D eigenvalue weighted by atomic mass is 10.1. The molecule has 0 heterocycles. The van der Waals surface area contributed by atoms with Crippen LogP contribution in [0.15, 0.2) is 30.9 Å². The molecular formula is C13H17NO4. The smallest absolute Gasteiger partial charge is 0.340 e. The zero-order valence-corrected chi connectivity index (χ0v) is 10.3. The summed E-state index contributed by atoms with van der Waals surface area (Å²) >= 11 is 0. The second-order valence-corrected chi connectivity index (χ2v) is 3.42. The van der Waals surface area contributed by atoms with Crippen LogP contribution in [0.4, 0.5) is 5.69 Å². The van der Waals surface area contributed by atoms with Gasteiger partial charge in [-0.05, 0) is 12.1 Å². The van der Waals surface area contributed by atoms with E-state index in [0.29, 0.717) is 19.0 Å². The standard InChI is InChI=1S/C13H17NO4/c1-3-7-17-8-9-18-13(15)10-5-4-6-11(16-2)12(10)14/h3-6H,1,7-9,14H2,2H3. The number of anilines is 1. The summed E-state index contributed by atoms with van der Waals surface area (Å²) < 4.78 is 15.1. The first-order valence-corrected chi connectivity index (χ1v) is 5.49. The van der Waals surface area contributed by atoms with Gasteiger partial charge in [-0.15, -0.1) is 6.58 Å². The van der Waals surface area contributed by atoms with Gasteiger partial charge in [0.05, 0.1) is 31.6 Å². The summed E-state index contributed by atoms with van der Waals surface area (Å²) in [6.07, 6.45) is 1.63. The highest BCUT2D eigenvalue weighted by molar-refractivity contribution is 5.96. The Morgan fingerprint density at radius 1 is 1.44 bits per heavy atom. The molecular weight excluding hydrogens is 234 g/mol. The molecule has 98 valence electrons. The van der Waals surface area contributed by atoms with Crippen LogP contribution in [-0.4, -0.2) is 32.9 Å². The minimum Gasteiger partial charge on any atom is -0.495 e. The molecule has 0 aliphatic heterocycles. The van der Waals surface area contributed by atoms with Crippen molar-refractivity contribution in [2.45, 2.75) is 0 Å². The van der Waals surface area contributed by atoms with Crippen molar-refractivity contribution >= 4 is 11.7 Å². The number of hydrogen-bond acceptors (Lipinski definition) is 5. The molecule has 5 nitrogen and oxygen atoms in total. The number of para-hydroxylation sites is 1. The zero-order valence-electron chi connectivity index (χ0n) is 10.3. The molecule has 0 radical (unpaired) electrons. The number of ether oxygens (including phenoxy) is 3. The third-order valence-electron chi connectivity index (χ3n) is 2.20. The van der Waals surface area contributed by atoms with Gasteiger partial charge in [-0.3, -0.25) is 0 Å². The van der Waals surface area contributed by atoms with Crippen molar-refractivity contribution in [1.29, 1.82) is 0 Å². The molecule has 1 aromatic rings. The van der Waals surface area contributed by atoms with E-state index in [4.69, 9.17) is 19.9 Å². The molecule has 0 saturated heterocycles. The summed E-state index contributed by atoms with van der Waals surface area (Å²) in [7, 11) is 1.49. The van der Waals surface area contributed by atoms with Crippen LogP contribution in [0.5, 0.6) is 5.75 Å². The van der Waals surface area contributed by atoms with Gasteiger partial charge in [-0.1, -0.05) is 12.1 Å². The SMILES string of the molecule is C=CCOCCOC(=O)c1cccc(OC)c1N. The molecule has 0 aliphatic rings. The molecule has 5 heteroatoms. The summed E-state index contributed by atoms with van der Waals surface area (Å²) in [5.74, 6) is -0.0408. The Morgan fingerprint density at radius 3 is 2.89 bits per heavy atom. The fourth-order valence-corrected chi connectivity index (χ4v) is 1.34. The molecule has 0 spiro atoms. The van der Waals surface area contributed by atoms with Gasteiger partial charge >= 0.3 is 5.97 Å². The van der Waals surface area contributed by atoms with E-state index < -0.39 is 5.97 Å². The summed E-state index contributed by atoms with van der Waals surface area (Å²) in [6.45, 7) is 4.43. The fourth-order valence-electron chi connectivity index (χ4n) is 1.34. The normalized spacial score (nSPS) is 9.83. The second-order valence-electron chi connectivity index (χ2n) is 3.42. The maximum Gasteiger partial charge on any atom is 0.340 e. The van der Waals surface area contributed by atoms with Crippen LogP contribution in [0.25, 0.3) is 0 Å². The van der Waals surface area contributed by atoms with E-state index in [0.717, 1.165) is 0 Å². The Kier molecular flexibility index (Phi) is 5.73. The Balaban J connectivity index is 2.53. The summed E-state index contributed by atoms with van der Waals surface area (Å²) in [5.41, 5.74) is 6.34. The summed E-state index contributed by atoms with van der Waals surface area (Å²) in [5, 5.41) is 0. The zero-order chi connectivity index (χ0) is 13.4. The lowest BCUT2D eigenvalue weighted by molar-refractivity contribution is 0.0354. The van der Waals surface area contributed by atoms with E-state index in [9.17, 15) is 4.79 Å². The van der Waals surface area contributed by atoms with Gasteiger partial charge in [0.15, 0.2) is 0 Å². The van der Waals surface area contributed by atoms with Crippen LogP contribution in [0, 0.1) is 0 Å². The van der Waals surface area contributed by atoms with Gasteiger partial charge in [0.1, 0.15) is 12.4 Å². The number of carbonyl (C=O) groups is 1. The van der Waals surface area contributed by atoms with Gasteiger partial charge in [0, 0.05) is 0 Å². The monoisotopic (exact) mass is 251 g/mol. The van der Waals surface area contributed by atoms with Gasteiger partial charge in [0.2, 0.25) is 0 Å². The Labute approximate surface area is 106 Å². The molecule has 0 atom stereocenters. The summed E-state index contributed by atoms with van der Waals surface area (Å²) in [4.78, 5) is 11.7. The first kappa shape index (κ1) is 14.1. The number of carbonyl (C=O) groups excluding carboxylic acids is 1. The van der Waals surface area contributed by atoms with Gasteiger partial charge < -0.3 is 19.9 Å². The largest absolute Gasteiger partial charge is 0.495 e. The van der Waals surface area contributed by atoms with Crippen molar-refractivity contribution < 1.29 is 19.0 Å². The molecule has 0 aliphatic carbocycles. The molecule has 0 amide bonds. The number of rotatable bonds is 7. The van der Waals surface area contributed by atoms with Crippen LogP contribution in [0.2, 0.25) is 0 Å². The van der Waals surface area contributed by atoms with Crippen LogP contribution in [-0.2, 0) is 9.47 Å². The number of esters is 1. The quantitative estimate of drug-likeness (QED) is 0.345. The maximum absolute atomic E-state index is 11.7. The number of methoxy groups -OCH3 is 1. The first-order chi connectivity index (χ1) is 8.70. The average molecular weight is 251 g/mol. The number of hydrogen-bond donors (Lipinski definition) is 1. The van der Waals surface area contributed by atoms with Crippen molar-refractivity contribution in [2.24, 2.45) is 0 Å². The third-order valence-corrected chi connectivity index (χ3v) is 2.20. The van der Waals surface area contributed by atoms with E-state index in [-0.39, 0.29) is 17.9 Å². The lowest BCUT2D eigenvalue weighted by Gasteiger charge is -2.09.